The Labute approximate surface area is 193 Å². The molecular formula is C26H16O7S. The van der Waals surface area contributed by atoms with E-state index in [4.69, 9.17) is 4.18 Å². The zero-order chi connectivity index (χ0) is 24.0. The molecular weight excluding hydrogens is 456 g/mol. The van der Waals surface area contributed by atoms with Crippen LogP contribution in [0.2, 0.25) is 0 Å². The molecule has 5 rings (SSSR count). The Morgan fingerprint density at radius 2 is 1.24 bits per heavy atom. The number of hydrogen-bond donors (Lipinski definition) is 2. The first-order valence-electron chi connectivity index (χ1n) is 10.1. The molecule has 5 aromatic rings. The van der Waals surface area contributed by atoms with E-state index in [0.717, 1.165) is 45.1 Å². The number of carboxylic acids is 2. The Morgan fingerprint density at radius 3 is 1.88 bits per heavy atom. The molecule has 0 saturated heterocycles. The normalized spacial score (nSPS) is 11.6. The van der Waals surface area contributed by atoms with Gasteiger partial charge in [0.15, 0.2) is 5.75 Å². The number of aromatic carboxylic acids is 2. The Morgan fingerprint density at radius 1 is 0.647 bits per heavy atom. The summed E-state index contributed by atoms with van der Waals surface area (Å²) in [6.07, 6.45) is 0. The predicted molar refractivity (Wildman–Crippen MR) is 127 cm³/mol. The molecule has 0 radical (unpaired) electrons. The molecule has 7 nitrogen and oxygen atoms in total. The van der Waals surface area contributed by atoms with Crippen molar-refractivity contribution in [3.05, 3.63) is 96.1 Å². The van der Waals surface area contributed by atoms with Gasteiger partial charge in [-0.15, -0.1) is 0 Å². The Kier molecular flexibility index (Phi) is 4.95. The number of carbonyl (C=O) groups is 2. The second kappa shape index (κ2) is 7.86. The maximum atomic E-state index is 13.1. The highest BCUT2D eigenvalue weighted by atomic mass is 32.2. The van der Waals surface area contributed by atoms with Crippen LogP contribution in [-0.4, -0.2) is 30.6 Å². The molecule has 0 atom stereocenters. The predicted octanol–water partition coefficient (Wildman–Crippen LogP) is 5.31. The first-order chi connectivity index (χ1) is 16.2. The number of hydrogen-bond acceptors (Lipinski definition) is 5. The van der Waals surface area contributed by atoms with Crippen LogP contribution in [0.3, 0.4) is 0 Å². The highest BCUT2D eigenvalue weighted by Crippen LogP contribution is 2.36. The molecule has 0 aliphatic heterocycles. The first-order valence-corrected chi connectivity index (χ1v) is 11.5. The minimum atomic E-state index is -4.55. The van der Waals surface area contributed by atoms with Crippen LogP contribution in [0.5, 0.6) is 5.75 Å². The summed E-state index contributed by atoms with van der Waals surface area (Å²) in [5, 5.41) is 23.6. The van der Waals surface area contributed by atoms with E-state index in [0.29, 0.717) is 5.39 Å². The second-order valence-electron chi connectivity index (χ2n) is 7.73. The van der Waals surface area contributed by atoms with E-state index in [9.17, 15) is 28.2 Å². The third-order valence-corrected chi connectivity index (χ3v) is 6.79. The summed E-state index contributed by atoms with van der Waals surface area (Å²) < 4.78 is 31.7. The van der Waals surface area contributed by atoms with E-state index in [-0.39, 0.29) is 5.75 Å². The fourth-order valence-corrected chi connectivity index (χ4v) is 5.01. The van der Waals surface area contributed by atoms with Crippen LogP contribution in [0.1, 0.15) is 20.7 Å². The minimum Gasteiger partial charge on any atom is -0.478 e. The summed E-state index contributed by atoms with van der Waals surface area (Å²) in [6, 6.07) is 23.2. The molecule has 2 N–H and O–H groups in total. The smallest absolute Gasteiger partial charge is 0.339 e. The van der Waals surface area contributed by atoms with E-state index in [1.54, 1.807) is 6.07 Å². The van der Waals surface area contributed by atoms with Gasteiger partial charge in [-0.05, 0) is 63.3 Å². The number of fused-ring (bicyclic) bond motifs is 4. The van der Waals surface area contributed by atoms with Crippen LogP contribution in [0.15, 0.2) is 89.8 Å². The van der Waals surface area contributed by atoms with Crippen LogP contribution in [0.4, 0.5) is 0 Å². The van der Waals surface area contributed by atoms with Gasteiger partial charge >= 0.3 is 22.1 Å². The summed E-state index contributed by atoms with van der Waals surface area (Å²) in [6.45, 7) is 0. The number of rotatable bonds is 5. The van der Waals surface area contributed by atoms with Gasteiger partial charge in [0.05, 0.1) is 11.1 Å². The van der Waals surface area contributed by atoms with Crippen molar-refractivity contribution in [1.82, 2.24) is 0 Å². The van der Waals surface area contributed by atoms with Crippen LogP contribution in [0, 0.1) is 0 Å². The molecule has 8 heteroatoms. The molecule has 0 spiro atoms. The Bertz CT molecular complexity index is 1720. The van der Waals surface area contributed by atoms with Crippen molar-refractivity contribution in [3.63, 3.8) is 0 Å². The van der Waals surface area contributed by atoms with Crippen molar-refractivity contribution in [1.29, 1.82) is 0 Å². The zero-order valence-electron chi connectivity index (χ0n) is 17.4. The lowest BCUT2D eigenvalue weighted by atomic mass is 9.98. The Balaban J connectivity index is 1.71. The van der Waals surface area contributed by atoms with Crippen LogP contribution >= 0.6 is 0 Å². The average molecular weight is 472 g/mol. The van der Waals surface area contributed by atoms with Crippen molar-refractivity contribution in [2.45, 2.75) is 4.90 Å². The molecule has 0 amide bonds. The van der Waals surface area contributed by atoms with Crippen LogP contribution in [0.25, 0.3) is 32.3 Å². The molecule has 0 fully saturated rings. The van der Waals surface area contributed by atoms with Gasteiger partial charge in [0.2, 0.25) is 0 Å². The molecule has 0 unspecified atom stereocenters. The molecule has 34 heavy (non-hydrogen) atoms. The maximum Gasteiger partial charge on any atom is 0.339 e. The zero-order valence-corrected chi connectivity index (χ0v) is 18.2. The molecule has 168 valence electrons. The second-order valence-corrected chi connectivity index (χ2v) is 9.28. The summed E-state index contributed by atoms with van der Waals surface area (Å²) in [5.74, 6) is -2.86. The lowest BCUT2D eigenvalue weighted by Gasteiger charge is -2.13. The van der Waals surface area contributed by atoms with E-state index >= 15 is 0 Å². The molecule has 0 aromatic heterocycles. The quantitative estimate of drug-likeness (QED) is 0.202. The summed E-state index contributed by atoms with van der Waals surface area (Å²) in [7, 11) is -4.55. The Hall–Kier alpha value is -4.43. The molecule has 0 heterocycles. The van der Waals surface area contributed by atoms with Gasteiger partial charge in [0, 0.05) is 5.39 Å². The van der Waals surface area contributed by atoms with Gasteiger partial charge < -0.3 is 14.4 Å². The number of carboxylic acid groups (broad SMARTS) is 2. The molecule has 0 aliphatic carbocycles. The highest BCUT2D eigenvalue weighted by Gasteiger charge is 2.23. The van der Waals surface area contributed by atoms with E-state index in [2.05, 4.69) is 0 Å². The van der Waals surface area contributed by atoms with Gasteiger partial charge in [-0.25, -0.2) is 9.59 Å². The molecule has 0 saturated carbocycles. The third kappa shape index (κ3) is 3.70. The summed E-state index contributed by atoms with van der Waals surface area (Å²) >= 11 is 0. The van der Waals surface area contributed by atoms with Gasteiger partial charge in [-0.2, -0.15) is 8.42 Å². The standard InChI is InChI=1S/C26H16O7S/c27-25(28)19-11-20(26(29)30)13-21(12-19)34(31,32)33-23-7-3-6-15-8-9-18-10-16-4-1-2-5-17(16)14-22(18)24(15)23/h1-14H,(H,27,28)(H,29,30). The summed E-state index contributed by atoms with van der Waals surface area (Å²) in [4.78, 5) is 22.3. The van der Waals surface area contributed by atoms with Crippen molar-refractivity contribution in [2.24, 2.45) is 0 Å². The highest BCUT2D eigenvalue weighted by molar-refractivity contribution is 7.87. The van der Waals surface area contributed by atoms with Crippen molar-refractivity contribution in [2.75, 3.05) is 0 Å². The van der Waals surface area contributed by atoms with Crippen LogP contribution < -0.4 is 4.18 Å². The third-order valence-electron chi connectivity index (χ3n) is 5.58. The average Bonchev–Trinajstić information content (AvgIpc) is 2.82. The van der Waals surface area contributed by atoms with E-state index in [1.165, 1.54) is 6.07 Å². The van der Waals surface area contributed by atoms with Crippen molar-refractivity contribution >= 4 is 54.4 Å². The lowest BCUT2D eigenvalue weighted by molar-refractivity contribution is 0.0696. The monoisotopic (exact) mass is 472 g/mol. The molecule has 5 aromatic carbocycles. The largest absolute Gasteiger partial charge is 0.478 e. The fourth-order valence-electron chi connectivity index (χ4n) is 3.99. The van der Waals surface area contributed by atoms with Gasteiger partial charge in [-0.3, -0.25) is 0 Å². The lowest BCUT2D eigenvalue weighted by Crippen LogP contribution is -2.13. The number of benzene rings is 5. The van der Waals surface area contributed by atoms with Gasteiger partial charge in [-0.1, -0.05) is 48.5 Å². The first kappa shape index (κ1) is 21.4. The fraction of sp³-hybridized carbons (Fsp3) is 0. The van der Waals surface area contributed by atoms with Crippen LogP contribution in [-0.2, 0) is 10.1 Å². The van der Waals surface area contributed by atoms with Gasteiger partial charge in [0.25, 0.3) is 0 Å². The SMILES string of the molecule is O=C(O)c1cc(C(=O)O)cc(S(=O)(=O)Oc2cccc3ccc4cc5ccccc5cc4c23)c1. The molecule has 0 aliphatic rings. The van der Waals surface area contributed by atoms with E-state index in [1.807, 2.05) is 54.6 Å². The van der Waals surface area contributed by atoms with Crippen molar-refractivity contribution < 1.29 is 32.4 Å². The van der Waals surface area contributed by atoms with Crippen molar-refractivity contribution in [3.8, 4) is 5.75 Å². The molecule has 0 bridgehead atoms. The topological polar surface area (TPSA) is 118 Å². The maximum absolute atomic E-state index is 13.1. The minimum absolute atomic E-state index is 0.0518. The summed E-state index contributed by atoms with van der Waals surface area (Å²) in [5.41, 5.74) is -0.950. The van der Waals surface area contributed by atoms with E-state index < -0.39 is 38.1 Å². The van der Waals surface area contributed by atoms with Gasteiger partial charge in [0.1, 0.15) is 4.90 Å².